The Morgan fingerprint density at radius 1 is 1.40 bits per heavy atom. The van der Waals surface area contributed by atoms with Crippen molar-refractivity contribution in [2.45, 2.75) is 63.6 Å². The van der Waals surface area contributed by atoms with Crippen LogP contribution in [0.2, 0.25) is 5.02 Å². The Hall–Kier alpha value is -1.10. The zero-order chi connectivity index (χ0) is 18.6. The first kappa shape index (κ1) is 18.7. The van der Waals surface area contributed by atoms with Crippen LogP contribution >= 0.6 is 11.6 Å². The van der Waals surface area contributed by atoms with Crippen LogP contribution in [0.15, 0.2) is 12.1 Å². The van der Waals surface area contributed by atoms with Gasteiger partial charge in [-0.25, -0.2) is 0 Å². The molecule has 0 radical (unpaired) electrons. The molecule has 0 saturated heterocycles. The summed E-state index contributed by atoms with van der Waals surface area (Å²) in [4.78, 5) is 12.3. The first-order valence-corrected chi connectivity index (χ1v) is 9.28. The van der Waals surface area contributed by atoms with Gasteiger partial charge in [-0.1, -0.05) is 30.7 Å². The van der Waals surface area contributed by atoms with E-state index in [0.717, 1.165) is 29.5 Å². The Morgan fingerprint density at radius 2 is 2.08 bits per heavy atom. The van der Waals surface area contributed by atoms with Crippen molar-refractivity contribution < 1.29 is 19.7 Å². The van der Waals surface area contributed by atoms with Gasteiger partial charge in [-0.05, 0) is 62.0 Å². The number of hydrogen-bond acceptors (Lipinski definition) is 4. The van der Waals surface area contributed by atoms with Gasteiger partial charge < -0.3 is 14.9 Å². The highest BCUT2D eigenvalue weighted by atomic mass is 35.5. The Balaban J connectivity index is 2.11. The number of halogens is 1. The van der Waals surface area contributed by atoms with E-state index < -0.39 is 11.7 Å². The van der Waals surface area contributed by atoms with Crippen molar-refractivity contribution in [2.75, 3.05) is 7.11 Å². The third-order valence-corrected chi connectivity index (χ3v) is 6.65. The molecular weight excluding hydrogens is 340 g/mol. The Morgan fingerprint density at radius 3 is 2.68 bits per heavy atom. The lowest BCUT2D eigenvalue weighted by Crippen LogP contribution is -2.50. The number of methoxy groups -OCH3 is 1. The molecule has 1 aromatic rings. The highest BCUT2D eigenvalue weighted by Crippen LogP contribution is 2.54. The normalized spacial score (nSPS) is 31.9. The maximum absolute atomic E-state index is 12.3. The second-order valence-corrected chi connectivity index (χ2v) is 8.68. The van der Waals surface area contributed by atoms with E-state index in [0.29, 0.717) is 17.9 Å². The third-order valence-electron chi connectivity index (χ3n) is 6.22. The summed E-state index contributed by atoms with van der Waals surface area (Å²) in [6.45, 7) is 5.57. The molecule has 2 N–H and O–H groups in total. The van der Waals surface area contributed by atoms with Gasteiger partial charge in [0.05, 0.1) is 29.8 Å². The van der Waals surface area contributed by atoms with Gasteiger partial charge in [0.15, 0.2) is 0 Å². The summed E-state index contributed by atoms with van der Waals surface area (Å²) in [6, 6.07) is 3.90. The fraction of sp³-hybridized carbons (Fsp3) is 0.650. The smallest absolute Gasteiger partial charge is 0.309 e. The molecular formula is C20H27ClO4. The minimum atomic E-state index is -1.01. The standard InChI is InChI=1S/C20H27ClO4/c1-19(2,24)16-8-7-14-12(17(16)21)5-6-15-13(18(23)25-4)9-11(22)10-20(14,15)3/h7-8,11,13,15,22,24H,5-6,9-10H2,1-4H3. The topological polar surface area (TPSA) is 66.8 Å². The number of rotatable bonds is 2. The molecule has 25 heavy (non-hydrogen) atoms. The highest BCUT2D eigenvalue weighted by Gasteiger charge is 2.52. The van der Waals surface area contributed by atoms with Crippen LogP contribution in [0.3, 0.4) is 0 Å². The molecule has 4 nitrogen and oxygen atoms in total. The molecule has 0 aliphatic heterocycles. The van der Waals surface area contributed by atoms with Crippen LogP contribution in [0.1, 0.15) is 56.7 Å². The molecule has 0 amide bonds. The average molecular weight is 367 g/mol. The van der Waals surface area contributed by atoms with Gasteiger partial charge in [0.25, 0.3) is 0 Å². The first-order chi connectivity index (χ1) is 11.6. The van der Waals surface area contributed by atoms with Crippen molar-refractivity contribution in [2.24, 2.45) is 11.8 Å². The molecule has 2 aliphatic rings. The minimum absolute atomic E-state index is 0.125. The monoisotopic (exact) mass is 366 g/mol. The van der Waals surface area contributed by atoms with Gasteiger partial charge in [-0.15, -0.1) is 0 Å². The van der Waals surface area contributed by atoms with Crippen LogP contribution in [0.25, 0.3) is 0 Å². The molecule has 4 unspecified atom stereocenters. The van der Waals surface area contributed by atoms with Crippen molar-refractivity contribution in [3.05, 3.63) is 33.8 Å². The average Bonchev–Trinajstić information content (AvgIpc) is 2.52. The molecule has 0 aromatic heterocycles. The van der Waals surface area contributed by atoms with E-state index in [1.165, 1.54) is 7.11 Å². The molecule has 1 fully saturated rings. The number of carbonyl (C=O) groups is 1. The van der Waals surface area contributed by atoms with E-state index in [-0.39, 0.29) is 23.2 Å². The molecule has 0 spiro atoms. The second kappa shape index (κ2) is 6.26. The number of ether oxygens (including phenoxy) is 1. The fourth-order valence-corrected chi connectivity index (χ4v) is 5.53. The first-order valence-electron chi connectivity index (χ1n) is 8.90. The molecule has 1 saturated carbocycles. The van der Waals surface area contributed by atoms with Gasteiger partial charge >= 0.3 is 5.97 Å². The zero-order valence-corrected chi connectivity index (χ0v) is 16.1. The van der Waals surface area contributed by atoms with Crippen LogP contribution in [0, 0.1) is 11.8 Å². The third kappa shape index (κ3) is 2.98. The van der Waals surface area contributed by atoms with E-state index >= 15 is 0 Å². The number of aliphatic hydroxyl groups excluding tert-OH is 1. The number of esters is 1. The van der Waals surface area contributed by atoms with Crippen LogP contribution < -0.4 is 0 Å². The maximum atomic E-state index is 12.3. The lowest BCUT2D eigenvalue weighted by molar-refractivity contribution is -0.153. The highest BCUT2D eigenvalue weighted by molar-refractivity contribution is 6.32. The predicted octanol–water partition coefficient (Wildman–Crippen LogP) is 3.33. The largest absolute Gasteiger partial charge is 0.469 e. The number of aliphatic hydroxyl groups is 2. The maximum Gasteiger partial charge on any atom is 0.309 e. The molecule has 1 aromatic carbocycles. The summed E-state index contributed by atoms with van der Waals surface area (Å²) in [7, 11) is 1.41. The van der Waals surface area contributed by atoms with Crippen LogP contribution in [-0.4, -0.2) is 29.4 Å². The van der Waals surface area contributed by atoms with Crippen molar-refractivity contribution in [1.29, 1.82) is 0 Å². The molecule has 3 rings (SSSR count). The summed E-state index contributed by atoms with van der Waals surface area (Å²) < 4.78 is 5.00. The van der Waals surface area contributed by atoms with E-state index in [9.17, 15) is 15.0 Å². The SMILES string of the molecule is COC(=O)C1CC(O)CC2(C)c3ccc(C(C)(C)O)c(Cl)c3CCC12. The van der Waals surface area contributed by atoms with Gasteiger partial charge in [-0.3, -0.25) is 4.79 Å². The van der Waals surface area contributed by atoms with E-state index in [4.69, 9.17) is 16.3 Å². The van der Waals surface area contributed by atoms with Crippen molar-refractivity contribution >= 4 is 17.6 Å². The summed E-state index contributed by atoms with van der Waals surface area (Å²) in [6.07, 6.45) is 2.12. The summed E-state index contributed by atoms with van der Waals surface area (Å²) in [5.74, 6) is -0.405. The summed E-state index contributed by atoms with van der Waals surface area (Å²) in [5, 5.41) is 21.4. The number of carbonyl (C=O) groups excluding carboxylic acids is 1. The zero-order valence-electron chi connectivity index (χ0n) is 15.3. The van der Waals surface area contributed by atoms with Crippen molar-refractivity contribution in [3.8, 4) is 0 Å². The molecule has 5 heteroatoms. The molecule has 0 heterocycles. The Kier molecular flexibility index (Phi) is 4.68. The molecule has 138 valence electrons. The fourth-order valence-electron chi connectivity index (χ4n) is 5.04. The van der Waals surface area contributed by atoms with E-state index in [1.54, 1.807) is 13.8 Å². The van der Waals surface area contributed by atoms with Gasteiger partial charge in [-0.2, -0.15) is 0 Å². The van der Waals surface area contributed by atoms with E-state index in [2.05, 4.69) is 6.92 Å². The van der Waals surface area contributed by atoms with Crippen LogP contribution in [0.5, 0.6) is 0 Å². The van der Waals surface area contributed by atoms with E-state index in [1.807, 2.05) is 12.1 Å². The number of hydrogen-bond donors (Lipinski definition) is 2. The summed E-state index contributed by atoms with van der Waals surface area (Å²) >= 11 is 6.65. The predicted molar refractivity (Wildman–Crippen MR) is 96.6 cm³/mol. The molecule has 0 bridgehead atoms. The molecule has 4 atom stereocenters. The van der Waals surface area contributed by atoms with Crippen molar-refractivity contribution in [1.82, 2.24) is 0 Å². The van der Waals surface area contributed by atoms with Crippen molar-refractivity contribution in [3.63, 3.8) is 0 Å². The van der Waals surface area contributed by atoms with Gasteiger partial charge in [0, 0.05) is 5.56 Å². The lowest BCUT2D eigenvalue weighted by Gasteiger charge is -2.51. The number of fused-ring (bicyclic) bond motifs is 3. The quantitative estimate of drug-likeness (QED) is 0.788. The van der Waals surface area contributed by atoms with Gasteiger partial charge in [0.1, 0.15) is 0 Å². The second-order valence-electron chi connectivity index (χ2n) is 8.30. The Bertz CT molecular complexity index is 694. The minimum Gasteiger partial charge on any atom is -0.469 e. The lowest BCUT2D eigenvalue weighted by atomic mass is 9.54. The van der Waals surface area contributed by atoms with Crippen LogP contribution in [-0.2, 0) is 27.0 Å². The number of benzene rings is 1. The molecule has 2 aliphatic carbocycles. The van der Waals surface area contributed by atoms with Gasteiger partial charge in [0.2, 0.25) is 0 Å². The summed E-state index contributed by atoms with van der Waals surface area (Å²) in [5.41, 5.74) is 1.51. The van der Waals surface area contributed by atoms with Crippen LogP contribution in [0.4, 0.5) is 0 Å². The Labute approximate surface area is 154 Å².